The van der Waals surface area contributed by atoms with Gasteiger partial charge in [0.1, 0.15) is 0 Å². The standard InChI is InChI=1S/C18H14Cl2O5S/c19-12-8-11(9-14-18(12)24-7-1-6-23-14)2-5-17(22)25-10-13(21)15-3-4-16(20)26-15/h2-5,8-9H,1,6-7,10H2/b5-2+. The fourth-order valence-electron chi connectivity index (χ4n) is 2.23. The minimum Gasteiger partial charge on any atom is -0.489 e. The van der Waals surface area contributed by atoms with Crippen LogP contribution in [0.2, 0.25) is 9.36 Å². The molecule has 0 unspecified atom stereocenters. The first-order valence-electron chi connectivity index (χ1n) is 7.75. The molecule has 0 aliphatic carbocycles. The molecular formula is C18H14Cl2O5S. The Morgan fingerprint density at radius 3 is 2.77 bits per heavy atom. The van der Waals surface area contributed by atoms with Gasteiger partial charge < -0.3 is 14.2 Å². The summed E-state index contributed by atoms with van der Waals surface area (Å²) >= 11 is 13.1. The van der Waals surface area contributed by atoms with Gasteiger partial charge in [-0.05, 0) is 35.9 Å². The van der Waals surface area contributed by atoms with E-state index in [1.165, 1.54) is 12.2 Å². The number of esters is 1. The van der Waals surface area contributed by atoms with Gasteiger partial charge in [-0.2, -0.15) is 0 Å². The van der Waals surface area contributed by atoms with Gasteiger partial charge in [0.05, 0.1) is 27.4 Å². The molecule has 5 nitrogen and oxygen atoms in total. The van der Waals surface area contributed by atoms with Gasteiger partial charge in [0, 0.05) is 12.5 Å². The first-order chi connectivity index (χ1) is 12.5. The first kappa shape index (κ1) is 18.8. The smallest absolute Gasteiger partial charge is 0.331 e. The van der Waals surface area contributed by atoms with Crippen molar-refractivity contribution in [3.8, 4) is 11.5 Å². The van der Waals surface area contributed by atoms with Crippen LogP contribution in [0.3, 0.4) is 0 Å². The summed E-state index contributed by atoms with van der Waals surface area (Å²) < 4.78 is 16.6. The normalized spacial score (nSPS) is 13.5. The molecule has 0 amide bonds. The van der Waals surface area contributed by atoms with E-state index in [4.69, 9.17) is 37.4 Å². The van der Waals surface area contributed by atoms with Gasteiger partial charge in [0.25, 0.3) is 0 Å². The highest BCUT2D eigenvalue weighted by molar-refractivity contribution is 7.18. The van der Waals surface area contributed by atoms with E-state index in [0.29, 0.717) is 44.5 Å². The number of benzene rings is 1. The average molecular weight is 413 g/mol. The predicted octanol–water partition coefficient (Wildman–Crippen LogP) is 4.66. The van der Waals surface area contributed by atoms with Gasteiger partial charge in [0.15, 0.2) is 18.1 Å². The first-order valence-corrected chi connectivity index (χ1v) is 9.32. The number of fused-ring (bicyclic) bond motifs is 1. The topological polar surface area (TPSA) is 61.8 Å². The summed E-state index contributed by atoms with van der Waals surface area (Å²) in [5, 5.41) is 0.405. The van der Waals surface area contributed by atoms with Crippen molar-refractivity contribution in [2.45, 2.75) is 6.42 Å². The summed E-state index contributed by atoms with van der Waals surface area (Å²) in [6.07, 6.45) is 3.53. The fraction of sp³-hybridized carbons (Fsp3) is 0.222. The van der Waals surface area contributed by atoms with Crippen molar-refractivity contribution in [3.05, 3.63) is 50.1 Å². The molecule has 1 aliphatic heterocycles. The highest BCUT2D eigenvalue weighted by Crippen LogP contribution is 2.38. The molecule has 2 aromatic rings. The Morgan fingerprint density at radius 1 is 1.19 bits per heavy atom. The third-order valence-corrected chi connectivity index (χ3v) is 4.98. The Morgan fingerprint density at radius 2 is 2.00 bits per heavy atom. The van der Waals surface area contributed by atoms with Crippen molar-refractivity contribution in [1.29, 1.82) is 0 Å². The maximum Gasteiger partial charge on any atom is 0.331 e. The number of carbonyl (C=O) groups excluding carboxylic acids is 2. The lowest BCUT2D eigenvalue weighted by atomic mass is 10.2. The highest BCUT2D eigenvalue weighted by atomic mass is 35.5. The van der Waals surface area contributed by atoms with Crippen LogP contribution >= 0.6 is 34.5 Å². The monoisotopic (exact) mass is 412 g/mol. The Labute approximate surface area is 164 Å². The quantitative estimate of drug-likeness (QED) is 0.406. The van der Waals surface area contributed by atoms with E-state index < -0.39 is 5.97 Å². The molecule has 136 valence electrons. The number of hydrogen-bond acceptors (Lipinski definition) is 6. The van der Waals surface area contributed by atoms with Crippen molar-refractivity contribution >= 4 is 52.4 Å². The molecule has 2 heterocycles. The zero-order valence-electron chi connectivity index (χ0n) is 13.5. The molecule has 0 saturated carbocycles. The second kappa shape index (κ2) is 8.58. The predicted molar refractivity (Wildman–Crippen MR) is 101 cm³/mol. The van der Waals surface area contributed by atoms with Crippen LogP contribution in [0, 0.1) is 0 Å². The summed E-state index contributed by atoms with van der Waals surface area (Å²) in [5.41, 5.74) is 0.660. The number of thiophene rings is 1. The van der Waals surface area contributed by atoms with Crippen LogP contribution < -0.4 is 9.47 Å². The van der Waals surface area contributed by atoms with Gasteiger partial charge in [-0.15, -0.1) is 11.3 Å². The van der Waals surface area contributed by atoms with Crippen molar-refractivity contribution in [1.82, 2.24) is 0 Å². The molecule has 3 rings (SSSR count). The molecular weight excluding hydrogens is 399 g/mol. The second-order valence-corrected chi connectivity index (χ2v) is 7.47. The molecule has 0 fully saturated rings. The van der Waals surface area contributed by atoms with Crippen LogP contribution in [0.1, 0.15) is 21.7 Å². The zero-order chi connectivity index (χ0) is 18.5. The SMILES string of the molecule is O=C(/C=C/c1cc(Cl)c2c(c1)OCCCO2)OCC(=O)c1ccc(Cl)s1. The number of ketones is 1. The summed E-state index contributed by atoms with van der Waals surface area (Å²) in [6, 6.07) is 6.61. The highest BCUT2D eigenvalue weighted by Gasteiger charge is 2.15. The van der Waals surface area contributed by atoms with E-state index in [9.17, 15) is 9.59 Å². The summed E-state index contributed by atoms with van der Waals surface area (Å²) in [7, 11) is 0. The molecule has 0 radical (unpaired) electrons. The van der Waals surface area contributed by atoms with E-state index in [2.05, 4.69) is 0 Å². The van der Waals surface area contributed by atoms with Gasteiger partial charge in [0.2, 0.25) is 5.78 Å². The number of halogens is 2. The maximum atomic E-state index is 11.9. The van der Waals surface area contributed by atoms with E-state index in [1.807, 2.05) is 0 Å². The fourth-order valence-corrected chi connectivity index (χ4v) is 3.47. The Kier molecular flexibility index (Phi) is 6.19. The number of ether oxygens (including phenoxy) is 3. The van der Waals surface area contributed by atoms with Gasteiger partial charge >= 0.3 is 5.97 Å². The molecule has 0 N–H and O–H groups in total. The summed E-state index contributed by atoms with van der Waals surface area (Å²) in [4.78, 5) is 24.1. The van der Waals surface area contributed by atoms with Crippen LogP contribution in [0.15, 0.2) is 30.3 Å². The average Bonchev–Trinajstić information content (AvgIpc) is 2.91. The van der Waals surface area contributed by atoms with Gasteiger partial charge in [-0.25, -0.2) is 4.79 Å². The lowest BCUT2D eigenvalue weighted by Crippen LogP contribution is -2.11. The Bertz CT molecular complexity index is 859. The van der Waals surface area contributed by atoms with Crippen LogP contribution in [-0.2, 0) is 9.53 Å². The van der Waals surface area contributed by atoms with Crippen molar-refractivity contribution < 1.29 is 23.8 Å². The lowest BCUT2D eigenvalue weighted by Gasteiger charge is -2.09. The van der Waals surface area contributed by atoms with Crippen LogP contribution in [0.4, 0.5) is 0 Å². The number of rotatable bonds is 5. The van der Waals surface area contributed by atoms with Crippen molar-refractivity contribution in [2.75, 3.05) is 19.8 Å². The molecule has 8 heteroatoms. The zero-order valence-corrected chi connectivity index (χ0v) is 15.8. The second-order valence-electron chi connectivity index (χ2n) is 5.35. The van der Waals surface area contributed by atoms with Crippen LogP contribution in [0.5, 0.6) is 11.5 Å². The van der Waals surface area contributed by atoms with E-state index in [1.54, 1.807) is 24.3 Å². The largest absolute Gasteiger partial charge is 0.489 e. The molecule has 26 heavy (non-hydrogen) atoms. The van der Waals surface area contributed by atoms with E-state index in [0.717, 1.165) is 17.8 Å². The third kappa shape index (κ3) is 4.78. The van der Waals surface area contributed by atoms with Gasteiger partial charge in [-0.3, -0.25) is 4.79 Å². The third-order valence-electron chi connectivity index (χ3n) is 3.43. The minimum atomic E-state index is -0.635. The number of carbonyl (C=O) groups is 2. The number of hydrogen-bond donors (Lipinski definition) is 0. The Hall–Kier alpha value is -2.02. The molecule has 0 atom stereocenters. The Balaban J connectivity index is 1.60. The lowest BCUT2D eigenvalue weighted by molar-refractivity contribution is -0.136. The molecule has 0 bridgehead atoms. The van der Waals surface area contributed by atoms with Crippen LogP contribution in [-0.4, -0.2) is 31.6 Å². The maximum absolute atomic E-state index is 11.9. The van der Waals surface area contributed by atoms with E-state index >= 15 is 0 Å². The van der Waals surface area contributed by atoms with E-state index in [-0.39, 0.29) is 12.4 Å². The summed E-state index contributed by atoms with van der Waals surface area (Å²) in [6.45, 7) is 0.729. The van der Waals surface area contributed by atoms with Crippen LogP contribution in [0.25, 0.3) is 6.08 Å². The summed E-state index contributed by atoms with van der Waals surface area (Å²) in [5.74, 6) is 0.100. The minimum absolute atomic E-state index is 0.303. The van der Waals surface area contributed by atoms with Crippen molar-refractivity contribution in [2.24, 2.45) is 0 Å². The molecule has 1 aromatic carbocycles. The molecule has 1 aliphatic rings. The molecule has 0 saturated heterocycles. The van der Waals surface area contributed by atoms with Crippen molar-refractivity contribution in [3.63, 3.8) is 0 Å². The number of Topliss-reactive ketones (excluding diaryl/α,β-unsaturated/α-hetero) is 1. The molecule has 1 aromatic heterocycles. The van der Waals surface area contributed by atoms with Gasteiger partial charge in [-0.1, -0.05) is 23.2 Å². The molecule has 0 spiro atoms.